The Labute approximate surface area is 277 Å². The molecule has 0 spiro atoms. The van der Waals surface area contributed by atoms with Gasteiger partial charge in [0.2, 0.25) is 0 Å². The van der Waals surface area contributed by atoms with Crippen LogP contribution in [0.15, 0.2) is 158 Å². The van der Waals surface area contributed by atoms with Crippen molar-refractivity contribution < 1.29 is 0 Å². The van der Waals surface area contributed by atoms with Gasteiger partial charge in [-0.3, -0.25) is 0 Å². The van der Waals surface area contributed by atoms with Crippen LogP contribution in [0, 0.1) is 22.7 Å². The smallest absolute Gasteiger partial charge is 0.0998 e. The zero-order valence-electron chi connectivity index (χ0n) is 25.8. The van der Waals surface area contributed by atoms with E-state index in [-0.39, 0.29) is 0 Å². The number of hydrogen-bond donors (Lipinski definition) is 0. The minimum absolute atomic E-state index is 0.618. The van der Waals surface area contributed by atoms with E-state index in [1.807, 2.05) is 30.3 Å². The molecule has 2 aromatic heterocycles. The van der Waals surface area contributed by atoms with Gasteiger partial charge >= 0.3 is 0 Å². The summed E-state index contributed by atoms with van der Waals surface area (Å²) in [6.07, 6.45) is 0. The highest BCUT2D eigenvalue weighted by Crippen LogP contribution is 2.38. The summed E-state index contributed by atoms with van der Waals surface area (Å²) in [5.41, 5.74) is 11.6. The van der Waals surface area contributed by atoms with Crippen LogP contribution in [0.1, 0.15) is 11.1 Å². The summed E-state index contributed by atoms with van der Waals surface area (Å²) in [5.74, 6) is 0. The van der Waals surface area contributed by atoms with Crippen molar-refractivity contribution in [3.63, 3.8) is 0 Å². The van der Waals surface area contributed by atoms with E-state index in [0.717, 1.165) is 66.5 Å². The van der Waals surface area contributed by atoms with Crippen molar-refractivity contribution in [1.82, 2.24) is 9.13 Å². The van der Waals surface area contributed by atoms with Crippen LogP contribution in [0.3, 0.4) is 0 Å². The van der Waals surface area contributed by atoms with E-state index in [0.29, 0.717) is 11.1 Å². The van der Waals surface area contributed by atoms with Gasteiger partial charge in [-0.25, -0.2) is 0 Å². The molecule has 0 atom stereocenters. The molecule has 0 saturated heterocycles. The van der Waals surface area contributed by atoms with Gasteiger partial charge in [-0.2, -0.15) is 10.5 Å². The van der Waals surface area contributed by atoms with E-state index in [1.54, 1.807) is 0 Å². The van der Waals surface area contributed by atoms with Crippen molar-refractivity contribution in [1.29, 1.82) is 10.5 Å². The highest BCUT2D eigenvalue weighted by Gasteiger charge is 2.18. The molecule has 0 radical (unpaired) electrons. The second-order valence-electron chi connectivity index (χ2n) is 12.0. The predicted octanol–water partition coefficient (Wildman–Crippen LogP) is 11.0. The molecule has 0 fully saturated rings. The number of nitriles is 2. The first-order valence-electron chi connectivity index (χ1n) is 15.9. The molecule has 0 saturated carbocycles. The predicted molar refractivity (Wildman–Crippen MR) is 195 cm³/mol. The van der Waals surface area contributed by atoms with Gasteiger partial charge < -0.3 is 9.13 Å². The van der Waals surface area contributed by atoms with Crippen LogP contribution in [-0.4, -0.2) is 9.13 Å². The number of fused-ring (bicyclic) bond motifs is 6. The number of para-hydroxylation sites is 4. The van der Waals surface area contributed by atoms with Crippen LogP contribution in [-0.2, 0) is 0 Å². The quantitative estimate of drug-likeness (QED) is 0.199. The molecule has 2 heterocycles. The van der Waals surface area contributed by atoms with E-state index >= 15 is 0 Å². The zero-order chi connectivity index (χ0) is 32.2. The van der Waals surface area contributed by atoms with Gasteiger partial charge in [0.15, 0.2) is 0 Å². The number of aromatic nitrogens is 2. The molecule has 9 rings (SSSR count). The molecule has 0 aliphatic carbocycles. The van der Waals surface area contributed by atoms with Gasteiger partial charge in [-0.15, -0.1) is 0 Å². The summed E-state index contributed by atoms with van der Waals surface area (Å²) < 4.78 is 4.53. The molecule has 9 aromatic rings. The second-order valence-corrected chi connectivity index (χ2v) is 12.0. The first kappa shape index (κ1) is 27.4. The highest BCUT2D eigenvalue weighted by atomic mass is 15.0. The SMILES string of the molecule is N#Cc1cc(-c2ccccc2-n2c3ccccc3c3ccccc32)ccc1-c1ccc(-n2c3ccccc3c3c(C#N)cccc32)cc1. The normalized spacial score (nSPS) is 11.3. The van der Waals surface area contributed by atoms with Crippen LogP contribution >= 0.6 is 0 Å². The maximum atomic E-state index is 10.4. The average Bonchev–Trinajstić information content (AvgIpc) is 3.68. The van der Waals surface area contributed by atoms with E-state index < -0.39 is 0 Å². The molecule has 4 heteroatoms. The Morgan fingerprint density at radius 3 is 1.65 bits per heavy atom. The fraction of sp³-hybridized carbons (Fsp3) is 0. The highest BCUT2D eigenvalue weighted by molar-refractivity contribution is 6.12. The third-order valence-electron chi connectivity index (χ3n) is 9.43. The minimum Gasteiger partial charge on any atom is -0.309 e. The fourth-order valence-electron chi connectivity index (χ4n) is 7.33. The summed E-state index contributed by atoms with van der Waals surface area (Å²) in [6.45, 7) is 0. The Balaban J connectivity index is 1.15. The van der Waals surface area contributed by atoms with Crippen molar-refractivity contribution in [2.24, 2.45) is 0 Å². The van der Waals surface area contributed by atoms with Gasteiger partial charge in [-0.05, 0) is 71.3 Å². The lowest BCUT2D eigenvalue weighted by Crippen LogP contribution is -1.97. The Kier molecular flexibility index (Phi) is 6.22. The lowest BCUT2D eigenvalue weighted by Gasteiger charge is -2.15. The largest absolute Gasteiger partial charge is 0.309 e. The number of benzene rings is 7. The standard InChI is InChI=1S/C44H26N4/c45-27-31-10-9-19-43-44(31)38-14-4-8-18-42(38)47(43)33-23-20-29(21-24-33)34-25-22-30(26-32(34)28-46)35-11-1-5-15-39(35)48-40-16-6-2-12-36(40)37-13-3-7-17-41(37)48/h1-26H. The van der Waals surface area contributed by atoms with Crippen molar-refractivity contribution in [3.05, 3.63) is 169 Å². The first-order valence-corrected chi connectivity index (χ1v) is 15.9. The monoisotopic (exact) mass is 610 g/mol. The van der Waals surface area contributed by atoms with E-state index in [4.69, 9.17) is 0 Å². The molecule has 4 nitrogen and oxygen atoms in total. The van der Waals surface area contributed by atoms with Crippen LogP contribution in [0.25, 0.3) is 77.2 Å². The molecule has 0 amide bonds. The van der Waals surface area contributed by atoms with Gasteiger partial charge in [-0.1, -0.05) is 103 Å². The number of nitrogens with zero attached hydrogens (tertiary/aromatic N) is 4. The summed E-state index contributed by atoms with van der Waals surface area (Å²) in [6, 6.07) is 58.9. The number of rotatable bonds is 4. The molecule has 0 N–H and O–H groups in total. The van der Waals surface area contributed by atoms with Gasteiger partial charge in [0, 0.05) is 32.8 Å². The van der Waals surface area contributed by atoms with Crippen LogP contribution in [0.2, 0.25) is 0 Å². The molecule has 0 unspecified atom stereocenters. The third kappa shape index (κ3) is 4.07. The number of hydrogen-bond acceptors (Lipinski definition) is 2. The molecule has 0 aliphatic heterocycles. The fourth-order valence-corrected chi connectivity index (χ4v) is 7.33. The molecule has 0 bridgehead atoms. The molecular formula is C44H26N4. The van der Waals surface area contributed by atoms with Crippen molar-refractivity contribution in [2.75, 3.05) is 0 Å². The lowest BCUT2D eigenvalue weighted by atomic mass is 9.94. The van der Waals surface area contributed by atoms with Gasteiger partial charge in [0.05, 0.1) is 51.0 Å². The molecular weight excluding hydrogens is 585 g/mol. The summed E-state index contributed by atoms with van der Waals surface area (Å²) in [5, 5.41) is 24.7. The topological polar surface area (TPSA) is 57.4 Å². The van der Waals surface area contributed by atoms with E-state index in [2.05, 4.69) is 149 Å². The molecule has 222 valence electrons. The van der Waals surface area contributed by atoms with Crippen molar-refractivity contribution >= 4 is 43.6 Å². The van der Waals surface area contributed by atoms with Crippen LogP contribution in [0.5, 0.6) is 0 Å². The Hall–Kier alpha value is -6.88. The second kappa shape index (κ2) is 10.9. The minimum atomic E-state index is 0.618. The van der Waals surface area contributed by atoms with Crippen LogP contribution < -0.4 is 0 Å². The summed E-state index contributed by atoms with van der Waals surface area (Å²) in [4.78, 5) is 0. The van der Waals surface area contributed by atoms with E-state index in [1.165, 1.54) is 10.8 Å². The van der Waals surface area contributed by atoms with Gasteiger partial charge in [0.25, 0.3) is 0 Å². The Bertz CT molecular complexity index is 2750. The maximum absolute atomic E-state index is 10.4. The third-order valence-corrected chi connectivity index (χ3v) is 9.43. The molecule has 7 aromatic carbocycles. The Morgan fingerprint density at radius 1 is 0.396 bits per heavy atom. The Morgan fingerprint density at radius 2 is 0.958 bits per heavy atom. The van der Waals surface area contributed by atoms with E-state index in [9.17, 15) is 10.5 Å². The van der Waals surface area contributed by atoms with Gasteiger partial charge in [0.1, 0.15) is 0 Å². The van der Waals surface area contributed by atoms with Crippen LogP contribution in [0.4, 0.5) is 0 Å². The lowest BCUT2D eigenvalue weighted by molar-refractivity contribution is 1.18. The van der Waals surface area contributed by atoms with Crippen molar-refractivity contribution in [3.8, 4) is 45.8 Å². The van der Waals surface area contributed by atoms with Crippen molar-refractivity contribution in [2.45, 2.75) is 0 Å². The zero-order valence-corrected chi connectivity index (χ0v) is 25.8. The average molecular weight is 611 g/mol. The summed E-state index contributed by atoms with van der Waals surface area (Å²) in [7, 11) is 0. The summed E-state index contributed by atoms with van der Waals surface area (Å²) >= 11 is 0. The molecule has 48 heavy (non-hydrogen) atoms. The first-order chi connectivity index (χ1) is 23.7. The maximum Gasteiger partial charge on any atom is 0.0998 e. The molecule has 0 aliphatic rings.